The second-order valence-corrected chi connectivity index (χ2v) is 6.69. The Hall–Kier alpha value is -2.69. The van der Waals surface area contributed by atoms with Crippen LogP contribution in [-0.2, 0) is 11.2 Å². The van der Waals surface area contributed by atoms with Gasteiger partial charge in [0.05, 0.1) is 19.3 Å². The molecule has 0 radical (unpaired) electrons. The fourth-order valence-corrected chi connectivity index (χ4v) is 2.83. The number of nitrogens with one attached hydrogen (secondary N) is 1. The van der Waals surface area contributed by atoms with Gasteiger partial charge in [0.2, 0.25) is 5.91 Å². The maximum Gasteiger partial charge on any atom is 0.220 e. The van der Waals surface area contributed by atoms with Crippen LogP contribution in [0.5, 0.6) is 17.2 Å². The van der Waals surface area contributed by atoms with E-state index in [1.807, 2.05) is 70.2 Å². The van der Waals surface area contributed by atoms with Gasteiger partial charge in [-0.1, -0.05) is 24.3 Å². The van der Waals surface area contributed by atoms with Crippen LogP contribution in [0.1, 0.15) is 38.3 Å². The van der Waals surface area contributed by atoms with Gasteiger partial charge in [-0.3, -0.25) is 4.79 Å². The van der Waals surface area contributed by atoms with Gasteiger partial charge in [0.15, 0.2) is 11.5 Å². The van der Waals surface area contributed by atoms with Crippen LogP contribution in [0.3, 0.4) is 0 Å². The smallest absolute Gasteiger partial charge is 0.220 e. The molecule has 152 valence electrons. The van der Waals surface area contributed by atoms with E-state index in [1.165, 1.54) is 0 Å². The summed E-state index contributed by atoms with van der Waals surface area (Å²) in [5.41, 5.74) is 2.13. The van der Waals surface area contributed by atoms with E-state index in [1.54, 1.807) is 0 Å². The first kappa shape index (κ1) is 21.6. The fourth-order valence-electron chi connectivity index (χ4n) is 2.83. The molecule has 0 aromatic heterocycles. The lowest BCUT2D eigenvalue weighted by molar-refractivity contribution is -0.121. The highest BCUT2D eigenvalue weighted by Gasteiger charge is 2.11. The molecule has 2 aromatic carbocycles. The Bertz CT molecular complexity index is 760. The minimum absolute atomic E-state index is 0.00716. The minimum atomic E-state index is -0.0635. The maximum absolute atomic E-state index is 12.3. The van der Waals surface area contributed by atoms with Crippen LogP contribution >= 0.6 is 0 Å². The normalized spacial score (nSPS) is 11.6. The first-order valence-corrected chi connectivity index (χ1v) is 9.89. The SMILES string of the molecule is CCOc1ccc(CCC(=O)N[C@@H](C)COc2ccccc2C)cc1OCC. The molecule has 1 amide bonds. The number of aryl methyl sites for hydroxylation is 2. The van der Waals surface area contributed by atoms with Gasteiger partial charge in [0.25, 0.3) is 0 Å². The zero-order valence-corrected chi connectivity index (χ0v) is 17.3. The van der Waals surface area contributed by atoms with Crippen molar-refractivity contribution >= 4 is 5.91 Å². The molecule has 0 saturated heterocycles. The average molecular weight is 386 g/mol. The molecule has 0 aliphatic carbocycles. The predicted octanol–water partition coefficient (Wildman–Crippen LogP) is 4.31. The van der Waals surface area contributed by atoms with Crippen LogP contribution in [0.4, 0.5) is 0 Å². The molecule has 0 unspecified atom stereocenters. The van der Waals surface area contributed by atoms with Crippen molar-refractivity contribution < 1.29 is 19.0 Å². The van der Waals surface area contributed by atoms with Gasteiger partial charge in [-0.25, -0.2) is 0 Å². The largest absolute Gasteiger partial charge is 0.491 e. The molecule has 5 nitrogen and oxygen atoms in total. The summed E-state index contributed by atoms with van der Waals surface area (Å²) in [6.45, 7) is 9.43. The molecule has 0 fully saturated rings. The highest BCUT2D eigenvalue weighted by atomic mass is 16.5. The Kier molecular flexibility index (Phi) is 8.66. The Morgan fingerprint density at radius 1 is 0.964 bits per heavy atom. The van der Waals surface area contributed by atoms with Gasteiger partial charge in [0, 0.05) is 6.42 Å². The van der Waals surface area contributed by atoms with E-state index >= 15 is 0 Å². The number of hydrogen-bond donors (Lipinski definition) is 1. The number of carbonyl (C=O) groups is 1. The monoisotopic (exact) mass is 385 g/mol. The van der Waals surface area contributed by atoms with E-state index in [0.717, 1.165) is 28.4 Å². The lowest BCUT2D eigenvalue weighted by Gasteiger charge is -2.16. The number of ether oxygens (including phenoxy) is 3. The predicted molar refractivity (Wildman–Crippen MR) is 111 cm³/mol. The highest BCUT2D eigenvalue weighted by molar-refractivity contribution is 5.76. The van der Waals surface area contributed by atoms with Gasteiger partial charge in [0.1, 0.15) is 12.4 Å². The molecule has 0 heterocycles. The van der Waals surface area contributed by atoms with Crippen molar-refractivity contribution in [3.8, 4) is 17.2 Å². The van der Waals surface area contributed by atoms with Crippen molar-refractivity contribution in [3.05, 3.63) is 53.6 Å². The molecular weight excluding hydrogens is 354 g/mol. The van der Waals surface area contributed by atoms with Crippen LogP contribution in [-0.4, -0.2) is 31.8 Å². The summed E-state index contributed by atoms with van der Waals surface area (Å²) in [5, 5.41) is 2.99. The van der Waals surface area contributed by atoms with E-state index in [2.05, 4.69) is 5.32 Å². The molecule has 1 atom stereocenters. The second kappa shape index (κ2) is 11.2. The van der Waals surface area contributed by atoms with E-state index in [4.69, 9.17) is 14.2 Å². The average Bonchev–Trinajstić information content (AvgIpc) is 2.68. The molecule has 0 spiro atoms. The number of benzene rings is 2. The first-order valence-electron chi connectivity index (χ1n) is 9.89. The fraction of sp³-hybridized carbons (Fsp3) is 0.435. The van der Waals surface area contributed by atoms with Crippen LogP contribution < -0.4 is 19.5 Å². The third kappa shape index (κ3) is 6.80. The van der Waals surface area contributed by atoms with Gasteiger partial charge >= 0.3 is 0 Å². The topological polar surface area (TPSA) is 56.8 Å². The summed E-state index contributed by atoms with van der Waals surface area (Å²) in [6.07, 6.45) is 1.05. The third-order valence-corrected chi connectivity index (χ3v) is 4.24. The van der Waals surface area contributed by atoms with Gasteiger partial charge < -0.3 is 19.5 Å². The van der Waals surface area contributed by atoms with Crippen molar-refractivity contribution in [2.75, 3.05) is 19.8 Å². The molecule has 2 aromatic rings. The molecule has 28 heavy (non-hydrogen) atoms. The van der Waals surface area contributed by atoms with Crippen LogP contribution in [0, 0.1) is 6.92 Å². The quantitative estimate of drug-likeness (QED) is 0.626. The van der Waals surface area contributed by atoms with Crippen molar-refractivity contribution in [2.24, 2.45) is 0 Å². The van der Waals surface area contributed by atoms with Crippen molar-refractivity contribution in [1.82, 2.24) is 5.32 Å². The van der Waals surface area contributed by atoms with Gasteiger partial charge in [-0.2, -0.15) is 0 Å². The molecule has 0 saturated carbocycles. The van der Waals surface area contributed by atoms with E-state index < -0.39 is 0 Å². The summed E-state index contributed by atoms with van der Waals surface area (Å²) in [5.74, 6) is 2.32. The number of hydrogen-bond acceptors (Lipinski definition) is 4. The van der Waals surface area contributed by atoms with E-state index in [9.17, 15) is 4.79 Å². The summed E-state index contributed by atoms with van der Waals surface area (Å²) in [6, 6.07) is 13.6. The molecule has 0 aliphatic heterocycles. The zero-order valence-electron chi connectivity index (χ0n) is 17.3. The molecular formula is C23H31NO4. The number of amides is 1. The van der Waals surface area contributed by atoms with Crippen molar-refractivity contribution in [1.29, 1.82) is 0 Å². The molecule has 0 bridgehead atoms. The van der Waals surface area contributed by atoms with E-state index in [0.29, 0.717) is 32.7 Å². The van der Waals surface area contributed by atoms with Crippen molar-refractivity contribution in [3.63, 3.8) is 0 Å². The number of para-hydroxylation sites is 1. The Morgan fingerprint density at radius 2 is 1.68 bits per heavy atom. The van der Waals surface area contributed by atoms with Crippen molar-refractivity contribution in [2.45, 2.75) is 46.6 Å². The van der Waals surface area contributed by atoms with Crippen LogP contribution in [0.15, 0.2) is 42.5 Å². The Labute approximate surface area is 168 Å². The first-order chi connectivity index (χ1) is 13.5. The standard InChI is InChI=1S/C23H31NO4/c1-5-26-21-13-11-19(15-22(21)27-6-2)12-14-23(25)24-18(4)16-28-20-10-8-7-9-17(20)3/h7-11,13,15,18H,5-6,12,14,16H2,1-4H3,(H,24,25)/t18-/m0/s1. The molecule has 1 N–H and O–H groups in total. The Balaban J connectivity index is 1.81. The highest BCUT2D eigenvalue weighted by Crippen LogP contribution is 2.29. The zero-order chi connectivity index (χ0) is 20.4. The lowest BCUT2D eigenvalue weighted by atomic mass is 10.1. The summed E-state index contributed by atoms with van der Waals surface area (Å²) in [4.78, 5) is 12.3. The summed E-state index contributed by atoms with van der Waals surface area (Å²) in [7, 11) is 0. The molecule has 2 rings (SSSR count). The van der Waals surface area contributed by atoms with Crippen LogP contribution in [0.25, 0.3) is 0 Å². The summed E-state index contributed by atoms with van der Waals surface area (Å²) >= 11 is 0. The second-order valence-electron chi connectivity index (χ2n) is 6.69. The molecule has 0 aliphatic rings. The number of carbonyl (C=O) groups excluding carboxylic acids is 1. The number of rotatable bonds is 11. The van der Waals surface area contributed by atoms with Crippen LogP contribution in [0.2, 0.25) is 0 Å². The van der Waals surface area contributed by atoms with Gasteiger partial charge in [-0.15, -0.1) is 0 Å². The maximum atomic E-state index is 12.3. The third-order valence-electron chi connectivity index (χ3n) is 4.24. The minimum Gasteiger partial charge on any atom is -0.491 e. The van der Waals surface area contributed by atoms with Gasteiger partial charge in [-0.05, 0) is 63.4 Å². The lowest BCUT2D eigenvalue weighted by Crippen LogP contribution is -2.36. The van der Waals surface area contributed by atoms with E-state index in [-0.39, 0.29) is 11.9 Å². The Morgan fingerprint density at radius 3 is 2.39 bits per heavy atom. The summed E-state index contributed by atoms with van der Waals surface area (Å²) < 4.78 is 17.0. The molecule has 5 heteroatoms.